The summed E-state index contributed by atoms with van der Waals surface area (Å²) in [5, 5.41) is 3.46. The first kappa shape index (κ1) is 24.1. The van der Waals surface area contributed by atoms with Crippen LogP contribution in [0.3, 0.4) is 0 Å². The molecule has 6 nitrogen and oxygen atoms in total. The quantitative estimate of drug-likeness (QED) is 0.341. The third-order valence-electron chi connectivity index (χ3n) is 5.64. The van der Waals surface area contributed by atoms with Gasteiger partial charge in [0.2, 0.25) is 0 Å². The number of hydrogen-bond donors (Lipinski definition) is 1. The molecule has 2 aliphatic rings. The molecule has 2 heterocycles. The molecule has 2 saturated heterocycles. The number of nitrogens with one attached hydrogen (secondary N) is 1. The van der Waals surface area contributed by atoms with Gasteiger partial charge in [-0.25, -0.2) is 4.39 Å². The molecule has 164 valence electrons. The van der Waals surface area contributed by atoms with E-state index in [1.807, 2.05) is 12.1 Å². The minimum Gasteiger partial charge on any atom is -0.383 e. The third kappa shape index (κ3) is 6.96. The molecule has 3 rings (SSSR count). The van der Waals surface area contributed by atoms with Gasteiger partial charge in [0.05, 0.1) is 13.2 Å². The highest BCUT2D eigenvalue weighted by molar-refractivity contribution is 14.0. The lowest BCUT2D eigenvalue weighted by molar-refractivity contribution is 0.142. The number of anilines is 1. The van der Waals surface area contributed by atoms with E-state index in [1.165, 1.54) is 25.0 Å². The molecule has 0 aromatic heterocycles. The van der Waals surface area contributed by atoms with Gasteiger partial charge in [-0.15, -0.1) is 24.0 Å². The van der Waals surface area contributed by atoms with Crippen LogP contribution in [0.5, 0.6) is 0 Å². The molecule has 1 N–H and O–H groups in total. The molecule has 8 heteroatoms. The Hall–Kier alpha value is -1.13. The summed E-state index contributed by atoms with van der Waals surface area (Å²) < 4.78 is 18.4. The number of nitrogens with zero attached hydrogens (tertiary/aromatic N) is 4. The predicted octanol–water partition coefficient (Wildman–Crippen LogP) is 2.64. The zero-order valence-corrected chi connectivity index (χ0v) is 20.0. The van der Waals surface area contributed by atoms with Gasteiger partial charge < -0.3 is 19.9 Å². The van der Waals surface area contributed by atoms with E-state index in [2.05, 4.69) is 26.9 Å². The maximum atomic E-state index is 13.2. The summed E-state index contributed by atoms with van der Waals surface area (Å²) in [7, 11) is 1.76. The topological polar surface area (TPSA) is 43.3 Å². The van der Waals surface area contributed by atoms with Crippen molar-refractivity contribution in [2.45, 2.75) is 25.8 Å². The van der Waals surface area contributed by atoms with Crippen molar-refractivity contribution >= 4 is 35.6 Å². The predicted molar refractivity (Wildman–Crippen MR) is 128 cm³/mol. The summed E-state index contributed by atoms with van der Waals surface area (Å²) in [6.07, 6.45) is 2.46. The number of methoxy groups -OCH3 is 1. The summed E-state index contributed by atoms with van der Waals surface area (Å²) in [4.78, 5) is 12.1. The van der Waals surface area contributed by atoms with Crippen LogP contribution in [0.15, 0.2) is 29.3 Å². The molecule has 1 unspecified atom stereocenters. The molecule has 1 aromatic rings. The zero-order chi connectivity index (χ0) is 19.8. The number of benzene rings is 1. The van der Waals surface area contributed by atoms with Crippen molar-refractivity contribution in [3.05, 3.63) is 30.1 Å². The fourth-order valence-corrected chi connectivity index (χ4v) is 4.05. The van der Waals surface area contributed by atoms with Crippen LogP contribution in [0.4, 0.5) is 10.1 Å². The number of rotatable bonds is 7. The molecule has 0 amide bonds. The van der Waals surface area contributed by atoms with E-state index < -0.39 is 0 Å². The second-order valence-corrected chi connectivity index (χ2v) is 7.47. The maximum Gasteiger partial charge on any atom is 0.194 e. The van der Waals surface area contributed by atoms with Crippen LogP contribution in [-0.2, 0) is 4.74 Å². The van der Waals surface area contributed by atoms with E-state index in [1.54, 1.807) is 7.11 Å². The Balaban J connectivity index is 0.00000300. The third-order valence-corrected chi connectivity index (χ3v) is 5.64. The van der Waals surface area contributed by atoms with E-state index in [0.717, 1.165) is 70.6 Å². The van der Waals surface area contributed by atoms with Crippen molar-refractivity contribution in [3.8, 4) is 0 Å². The molecule has 1 atom stereocenters. The number of likely N-dealkylation sites (tertiary alicyclic amines) is 1. The molecular formula is C21H35FIN5O. The zero-order valence-electron chi connectivity index (χ0n) is 17.6. The Morgan fingerprint density at radius 1 is 1.17 bits per heavy atom. The highest BCUT2D eigenvalue weighted by atomic mass is 127. The van der Waals surface area contributed by atoms with Crippen LogP contribution in [-0.4, -0.2) is 87.9 Å². The van der Waals surface area contributed by atoms with E-state index in [0.29, 0.717) is 6.04 Å². The van der Waals surface area contributed by atoms with E-state index >= 15 is 0 Å². The minimum atomic E-state index is -0.185. The Morgan fingerprint density at radius 3 is 2.55 bits per heavy atom. The van der Waals surface area contributed by atoms with Gasteiger partial charge in [0.15, 0.2) is 5.96 Å². The highest BCUT2D eigenvalue weighted by Crippen LogP contribution is 2.18. The van der Waals surface area contributed by atoms with Gasteiger partial charge in [-0.2, -0.15) is 0 Å². The minimum absolute atomic E-state index is 0. The summed E-state index contributed by atoms with van der Waals surface area (Å²) in [5.41, 5.74) is 1.09. The number of halogens is 2. The standard InChI is InChI=1S/C21H34FN5O.HI/c1-3-23-21(24-17-20-5-4-10-25(20)15-16-28-2)27-13-11-26(12-14-27)19-8-6-18(22)7-9-19;/h6-9,20H,3-5,10-17H2,1-2H3,(H,23,24);1H. The Labute approximate surface area is 191 Å². The molecule has 0 bridgehead atoms. The SMILES string of the molecule is CCNC(=NCC1CCCN1CCOC)N1CCN(c2ccc(F)cc2)CC1.I. The number of ether oxygens (including phenoxy) is 1. The van der Waals surface area contributed by atoms with Gasteiger partial charge >= 0.3 is 0 Å². The molecule has 2 fully saturated rings. The molecule has 0 saturated carbocycles. The molecular weight excluding hydrogens is 484 g/mol. The van der Waals surface area contributed by atoms with Crippen LogP contribution in [0.2, 0.25) is 0 Å². The average molecular weight is 519 g/mol. The van der Waals surface area contributed by atoms with Crippen LogP contribution in [0.25, 0.3) is 0 Å². The van der Waals surface area contributed by atoms with Crippen LogP contribution < -0.4 is 10.2 Å². The van der Waals surface area contributed by atoms with Crippen molar-refractivity contribution in [1.29, 1.82) is 0 Å². The maximum absolute atomic E-state index is 13.2. The number of piperazine rings is 1. The van der Waals surface area contributed by atoms with Crippen molar-refractivity contribution < 1.29 is 9.13 Å². The van der Waals surface area contributed by atoms with Crippen molar-refractivity contribution in [1.82, 2.24) is 15.1 Å². The average Bonchev–Trinajstić information content (AvgIpc) is 3.17. The molecule has 0 radical (unpaired) electrons. The Kier molecular flexibility index (Phi) is 10.4. The smallest absolute Gasteiger partial charge is 0.194 e. The summed E-state index contributed by atoms with van der Waals surface area (Å²) in [5.74, 6) is 0.829. The lowest BCUT2D eigenvalue weighted by atomic mass is 10.2. The van der Waals surface area contributed by atoms with Gasteiger partial charge in [-0.3, -0.25) is 9.89 Å². The first-order valence-electron chi connectivity index (χ1n) is 10.5. The van der Waals surface area contributed by atoms with Gasteiger partial charge in [0.25, 0.3) is 0 Å². The van der Waals surface area contributed by atoms with E-state index in [9.17, 15) is 4.39 Å². The molecule has 0 aliphatic carbocycles. The van der Waals surface area contributed by atoms with Gasteiger partial charge in [0.1, 0.15) is 5.82 Å². The fraction of sp³-hybridized carbons (Fsp3) is 0.667. The summed E-state index contributed by atoms with van der Waals surface area (Å²) >= 11 is 0. The monoisotopic (exact) mass is 519 g/mol. The molecule has 0 spiro atoms. The van der Waals surface area contributed by atoms with Crippen LogP contribution in [0, 0.1) is 5.82 Å². The van der Waals surface area contributed by atoms with Gasteiger partial charge in [0, 0.05) is 58.1 Å². The van der Waals surface area contributed by atoms with E-state index in [-0.39, 0.29) is 29.8 Å². The largest absolute Gasteiger partial charge is 0.383 e. The lowest BCUT2D eigenvalue weighted by Crippen LogP contribution is -2.52. The van der Waals surface area contributed by atoms with Crippen molar-refractivity contribution in [2.75, 3.05) is 71.0 Å². The summed E-state index contributed by atoms with van der Waals surface area (Å²) in [6, 6.07) is 7.30. The number of guanidine groups is 1. The Morgan fingerprint density at radius 2 is 1.90 bits per heavy atom. The normalized spacial score (nSPS) is 20.7. The van der Waals surface area contributed by atoms with Gasteiger partial charge in [-0.05, 0) is 50.6 Å². The summed E-state index contributed by atoms with van der Waals surface area (Å²) in [6.45, 7) is 10.4. The second kappa shape index (κ2) is 12.5. The number of aliphatic imine (C=N–C) groups is 1. The van der Waals surface area contributed by atoms with Crippen molar-refractivity contribution in [3.63, 3.8) is 0 Å². The van der Waals surface area contributed by atoms with Crippen molar-refractivity contribution in [2.24, 2.45) is 4.99 Å². The first-order valence-corrected chi connectivity index (χ1v) is 10.5. The first-order chi connectivity index (χ1) is 13.7. The number of hydrogen-bond acceptors (Lipinski definition) is 4. The second-order valence-electron chi connectivity index (χ2n) is 7.47. The van der Waals surface area contributed by atoms with E-state index in [4.69, 9.17) is 9.73 Å². The van der Waals surface area contributed by atoms with Gasteiger partial charge in [-0.1, -0.05) is 0 Å². The molecule has 1 aromatic carbocycles. The molecule has 2 aliphatic heterocycles. The van der Waals surface area contributed by atoms with Crippen LogP contribution in [0.1, 0.15) is 19.8 Å². The lowest BCUT2D eigenvalue weighted by Gasteiger charge is -2.38. The Bertz CT molecular complexity index is 622. The van der Waals surface area contributed by atoms with Crippen LogP contribution >= 0.6 is 24.0 Å². The fourth-order valence-electron chi connectivity index (χ4n) is 4.05. The highest BCUT2D eigenvalue weighted by Gasteiger charge is 2.25. The molecule has 29 heavy (non-hydrogen) atoms.